The molecule has 0 heterocycles. The fourth-order valence-corrected chi connectivity index (χ4v) is 2.48. The highest BCUT2D eigenvalue weighted by Gasteiger charge is 2.14. The van der Waals surface area contributed by atoms with Gasteiger partial charge in [-0.25, -0.2) is 0 Å². The summed E-state index contributed by atoms with van der Waals surface area (Å²) in [5, 5.41) is 13.9. The average Bonchev–Trinajstić information content (AvgIpc) is 2.45. The molecule has 0 aliphatic carbocycles. The normalized spacial score (nSPS) is 14.3. The van der Waals surface area contributed by atoms with Crippen LogP contribution in [-0.2, 0) is 0 Å². The molecular formula is C16H26ClNO2. The van der Waals surface area contributed by atoms with Crippen LogP contribution in [0.3, 0.4) is 0 Å². The molecule has 4 heteroatoms. The van der Waals surface area contributed by atoms with Gasteiger partial charge in [-0.1, -0.05) is 50.4 Å². The van der Waals surface area contributed by atoms with Crippen LogP contribution in [0.5, 0.6) is 5.75 Å². The molecular weight excluding hydrogens is 274 g/mol. The number of aliphatic hydroxyl groups is 1. The Hall–Kier alpha value is -0.770. The highest BCUT2D eigenvalue weighted by molar-refractivity contribution is 6.32. The first kappa shape index (κ1) is 17.3. The van der Waals surface area contributed by atoms with E-state index in [-0.39, 0.29) is 6.61 Å². The van der Waals surface area contributed by atoms with Crippen molar-refractivity contribution in [3.63, 3.8) is 0 Å². The van der Waals surface area contributed by atoms with E-state index in [0.717, 1.165) is 12.8 Å². The van der Waals surface area contributed by atoms with Crippen molar-refractivity contribution in [3.05, 3.63) is 29.3 Å². The highest BCUT2D eigenvalue weighted by Crippen LogP contribution is 2.23. The van der Waals surface area contributed by atoms with Crippen molar-refractivity contribution in [2.45, 2.75) is 45.8 Å². The van der Waals surface area contributed by atoms with Crippen molar-refractivity contribution >= 4 is 11.6 Å². The number of para-hydroxylation sites is 1. The zero-order chi connectivity index (χ0) is 15.0. The van der Waals surface area contributed by atoms with Gasteiger partial charge in [0.25, 0.3) is 0 Å². The number of rotatable bonds is 9. The number of hydrogen-bond acceptors (Lipinski definition) is 3. The fraction of sp³-hybridized carbons (Fsp3) is 0.625. The molecule has 0 saturated carbocycles. The van der Waals surface area contributed by atoms with Gasteiger partial charge < -0.3 is 15.2 Å². The zero-order valence-corrected chi connectivity index (χ0v) is 13.4. The van der Waals surface area contributed by atoms with E-state index in [2.05, 4.69) is 26.1 Å². The largest absolute Gasteiger partial charge is 0.489 e. The summed E-state index contributed by atoms with van der Waals surface area (Å²) in [6.45, 7) is 7.33. The van der Waals surface area contributed by atoms with Crippen LogP contribution in [0, 0.1) is 5.92 Å². The summed E-state index contributed by atoms with van der Waals surface area (Å²) in [4.78, 5) is 0. The second kappa shape index (κ2) is 9.22. The summed E-state index contributed by atoms with van der Waals surface area (Å²) in [7, 11) is 0. The molecule has 114 valence electrons. The van der Waals surface area contributed by atoms with Gasteiger partial charge in [-0.3, -0.25) is 0 Å². The Labute approximate surface area is 127 Å². The summed E-state index contributed by atoms with van der Waals surface area (Å²) in [5.74, 6) is 1.26. The minimum Gasteiger partial charge on any atom is -0.489 e. The topological polar surface area (TPSA) is 41.5 Å². The van der Waals surface area contributed by atoms with Crippen LogP contribution in [0.2, 0.25) is 5.02 Å². The summed E-state index contributed by atoms with van der Waals surface area (Å²) in [6.07, 6.45) is 1.76. The predicted molar refractivity (Wildman–Crippen MR) is 84.5 cm³/mol. The molecule has 0 aromatic heterocycles. The van der Waals surface area contributed by atoms with E-state index in [1.54, 1.807) is 12.1 Å². The third-order valence-corrected chi connectivity index (χ3v) is 4.01. The Morgan fingerprint density at radius 2 is 1.90 bits per heavy atom. The standard InChI is InChI=1S/C16H26ClNO2/c1-4-13(5-2)12(3)18-10-14(19)11-20-16-9-7-6-8-15(16)17/h6-9,12-14,18-19H,4-5,10-11H2,1-3H3. The molecule has 0 fully saturated rings. The minimum atomic E-state index is -0.539. The molecule has 1 rings (SSSR count). The summed E-state index contributed by atoms with van der Waals surface area (Å²) in [5.41, 5.74) is 0. The average molecular weight is 300 g/mol. The van der Waals surface area contributed by atoms with Crippen LogP contribution in [0.25, 0.3) is 0 Å². The molecule has 0 saturated heterocycles. The van der Waals surface area contributed by atoms with Gasteiger partial charge >= 0.3 is 0 Å². The molecule has 2 N–H and O–H groups in total. The van der Waals surface area contributed by atoms with Crippen LogP contribution < -0.4 is 10.1 Å². The van der Waals surface area contributed by atoms with E-state index >= 15 is 0 Å². The van der Waals surface area contributed by atoms with E-state index in [0.29, 0.717) is 29.3 Å². The van der Waals surface area contributed by atoms with E-state index in [4.69, 9.17) is 16.3 Å². The first-order chi connectivity index (χ1) is 9.58. The number of halogens is 1. The molecule has 1 aromatic carbocycles. The van der Waals surface area contributed by atoms with Crippen LogP contribution in [-0.4, -0.2) is 30.4 Å². The maximum atomic E-state index is 9.95. The molecule has 2 unspecified atom stereocenters. The molecule has 2 atom stereocenters. The zero-order valence-electron chi connectivity index (χ0n) is 12.6. The Kier molecular flexibility index (Phi) is 7.97. The smallest absolute Gasteiger partial charge is 0.138 e. The Morgan fingerprint density at radius 3 is 2.50 bits per heavy atom. The van der Waals surface area contributed by atoms with Crippen LogP contribution in [0.4, 0.5) is 0 Å². The van der Waals surface area contributed by atoms with Gasteiger partial charge in [0.1, 0.15) is 18.5 Å². The number of aliphatic hydroxyl groups excluding tert-OH is 1. The second-order valence-electron chi connectivity index (χ2n) is 5.17. The van der Waals surface area contributed by atoms with Crippen LogP contribution >= 0.6 is 11.6 Å². The Balaban J connectivity index is 2.30. The minimum absolute atomic E-state index is 0.242. The molecule has 3 nitrogen and oxygen atoms in total. The maximum absolute atomic E-state index is 9.95. The first-order valence-electron chi connectivity index (χ1n) is 7.37. The predicted octanol–water partition coefficient (Wildman–Crippen LogP) is 3.49. The summed E-state index contributed by atoms with van der Waals surface area (Å²) in [6, 6.07) is 7.69. The van der Waals surface area contributed by atoms with Crippen molar-refractivity contribution in [1.82, 2.24) is 5.32 Å². The van der Waals surface area contributed by atoms with Gasteiger partial charge in [0.15, 0.2) is 0 Å². The van der Waals surface area contributed by atoms with Crippen molar-refractivity contribution in [1.29, 1.82) is 0 Å². The monoisotopic (exact) mass is 299 g/mol. The molecule has 0 spiro atoms. The van der Waals surface area contributed by atoms with Crippen molar-refractivity contribution in [2.75, 3.05) is 13.2 Å². The van der Waals surface area contributed by atoms with Gasteiger partial charge in [0, 0.05) is 12.6 Å². The fourth-order valence-electron chi connectivity index (χ4n) is 2.29. The van der Waals surface area contributed by atoms with Crippen molar-refractivity contribution in [2.24, 2.45) is 5.92 Å². The molecule has 0 radical (unpaired) electrons. The second-order valence-corrected chi connectivity index (χ2v) is 5.58. The third kappa shape index (κ3) is 5.70. The summed E-state index contributed by atoms with van der Waals surface area (Å²) < 4.78 is 5.52. The van der Waals surface area contributed by atoms with E-state index < -0.39 is 6.10 Å². The van der Waals surface area contributed by atoms with Crippen LogP contribution in [0.1, 0.15) is 33.6 Å². The molecule has 0 aliphatic heterocycles. The molecule has 0 aliphatic rings. The lowest BCUT2D eigenvalue weighted by molar-refractivity contribution is 0.101. The maximum Gasteiger partial charge on any atom is 0.138 e. The quantitative estimate of drug-likeness (QED) is 0.733. The van der Waals surface area contributed by atoms with Gasteiger partial charge in [-0.15, -0.1) is 0 Å². The van der Waals surface area contributed by atoms with Crippen LogP contribution in [0.15, 0.2) is 24.3 Å². The van der Waals surface area contributed by atoms with Crippen molar-refractivity contribution < 1.29 is 9.84 Å². The van der Waals surface area contributed by atoms with Gasteiger partial charge in [-0.2, -0.15) is 0 Å². The lowest BCUT2D eigenvalue weighted by Crippen LogP contribution is -2.40. The summed E-state index contributed by atoms with van der Waals surface area (Å²) >= 11 is 5.99. The molecule has 20 heavy (non-hydrogen) atoms. The number of ether oxygens (including phenoxy) is 1. The van der Waals surface area contributed by atoms with Crippen molar-refractivity contribution in [3.8, 4) is 5.75 Å². The number of hydrogen-bond donors (Lipinski definition) is 2. The SMILES string of the molecule is CCC(CC)C(C)NCC(O)COc1ccccc1Cl. The lowest BCUT2D eigenvalue weighted by atomic mass is 9.95. The lowest BCUT2D eigenvalue weighted by Gasteiger charge is -2.24. The van der Waals surface area contributed by atoms with E-state index in [1.165, 1.54) is 0 Å². The number of benzene rings is 1. The van der Waals surface area contributed by atoms with Gasteiger partial charge in [-0.05, 0) is 25.0 Å². The van der Waals surface area contributed by atoms with Gasteiger partial charge in [0.05, 0.1) is 5.02 Å². The molecule has 0 bridgehead atoms. The van der Waals surface area contributed by atoms with E-state index in [9.17, 15) is 5.11 Å². The van der Waals surface area contributed by atoms with E-state index in [1.807, 2.05) is 12.1 Å². The number of nitrogens with one attached hydrogen (secondary N) is 1. The molecule has 0 amide bonds. The molecule has 1 aromatic rings. The first-order valence-corrected chi connectivity index (χ1v) is 7.75. The van der Waals surface area contributed by atoms with Gasteiger partial charge in [0.2, 0.25) is 0 Å². The highest BCUT2D eigenvalue weighted by atomic mass is 35.5. The Morgan fingerprint density at radius 1 is 1.25 bits per heavy atom. The third-order valence-electron chi connectivity index (χ3n) is 3.70. The Bertz CT molecular complexity index is 382.